The van der Waals surface area contributed by atoms with Crippen LogP contribution < -0.4 is 5.32 Å². The number of carbonyl (C=O) groups is 2. The molecule has 3 aromatic rings. The molecule has 1 aliphatic heterocycles. The first-order chi connectivity index (χ1) is 13.1. The Balaban J connectivity index is 1.53. The summed E-state index contributed by atoms with van der Waals surface area (Å²) in [5.74, 6) is 0.216. The molecule has 2 heterocycles. The van der Waals surface area contributed by atoms with E-state index in [9.17, 15) is 14.0 Å². The van der Waals surface area contributed by atoms with Crippen molar-refractivity contribution in [2.75, 3.05) is 0 Å². The van der Waals surface area contributed by atoms with E-state index in [1.807, 2.05) is 30.3 Å². The van der Waals surface area contributed by atoms with Crippen LogP contribution in [0.15, 0.2) is 76.8 Å². The number of carbonyl (C=O) groups excluding carboxylic acids is 2. The van der Waals surface area contributed by atoms with Crippen LogP contribution in [0.4, 0.5) is 9.18 Å². The summed E-state index contributed by atoms with van der Waals surface area (Å²) in [6.07, 6.45) is 1.48. The summed E-state index contributed by atoms with van der Waals surface area (Å²) < 4.78 is 18.7. The Morgan fingerprint density at radius 1 is 0.963 bits per heavy atom. The van der Waals surface area contributed by atoms with Crippen molar-refractivity contribution < 1.29 is 18.4 Å². The molecule has 0 saturated carbocycles. The minimum absolute atomic E-state index is 0.149. The highest BCUT2D eigenvalue weighted by Gasteiger charge is 2.33. The Labute approximate surface area is 154 Å². The molecule has 0 unspecified atom stereocenters. The van der Waals surface area contributed by atoms with Gasteiger partial charge in [-0.2, -0.15) is 0 Å². The van der Waals surface area contributed by atoms with Crippen LogP contribution in [0.3, 0.4) is 0 Å². The average molecular weight is 362 g/mol. The van der Waals surface area contributed by atoms with Gasteiger partial charge in [-0.05, 0) is 42.0 Å². The van der Waals surface area contributed by atoms with Gasteiger partial charge in [0.2, 0.25) is 0 Å². The number of furan rings is 1. The Morgan fingerprint density at radius 2 is 1.70 bits per heavy atom. The minimum Gasteiger partial charge on any atom is -0.457 e. The van der Waals surface area contributed by atoms with Crippen molar-refractivity contribution in [3.05, 3.63) is 89.6 Å². The first kappa shape index (κ1) is 16.8. The largest absolute Gasteiger partial charge is 0.457 e. The van der Waals surface area contributed by atoms with Gasteiger partial charge < -0.3 is 9.73 Å². The maximum atomic E-state index is 13.0. The second-order valence-corrected chi connectivity index (χ2v) is 6.07. The molecule has 1 N–H and O–H groups in total. The van der Waals surface area contributed by atoms with E-state index < -0.39 is 11.9 Å². The van der Waals surface area contributed by atoms with E-state index in [1.165, 1.54) is 18.2 Å². The first-order valence-corrected chi connectivity index (χ1v) is 8.34. The zero-order chi connectivity index (χ0) is 18.8. The van der Waals surface area contributed by atoms with E-state index in [4.69, 9.17) is 4.42 Å². The fraction of sp³-hybridized carbons (Fsp3) is 0.0476. The molecule has 1 aliphatic rings. The van der Waals surface area contributed by atoms with Crippen LogP contribution in [0.1, 0.15) is 11.3 Å². The van der Waals surface area contributed by atoms with E-state index in [0.717, 1.165) is 10.5 Å². The van der Waals surface area contributed by atoms with E-state index in [2.05, 4.69) is 5.32 Å². The van der Waals surface area contributed by atoms with Crippen molar-refractivity contribution >= 4 is 18.0 Å². The maximum absolute atomic E-state index is 13.0. The van der Waals surface area contributed by atoms with Gasteiger partial charge in [0.05, 0.1) is 6.54 Å². The van der Waals surface area contributed by atoms with Crippen molar-refractivity contribution in [2.24, 2.45) is 0 Å². The van der Waals surface area contributed by atoms with Crippen LogP contribution in [-0.4, -0.2) is 16.8 Å². The molecule has 0 radical (unpaired) electrons. The third-order valence-corrected chi connectivity index (χ3v) is 4.19. The number of nitrogens with zero attached hydrogens (tertiary/aromatic N) is 1. The number of imide groups is 1. The third kappa shape index (κ3) is 3.50. The van der Waals surface area contributed by atoms with Crippen molar-refractivity contribution in [3.63, 3.8) is 0 Å². The molecule has 6 heteroatoms. The second-order valence-electron chi connectivity index (χ2n) is 6.07. The summed E-state index contributed by atoms with van der Waals surface area (Å²) in [5.41, 5.74) is 1.73. The van der Waals surface area contributed by atoms with Crippen molar-refractivity contribution in [1.82, 2.24) is 10.2 Å². The smallest absolute Gasteiger partial charge is 0.329 e. The monoisotopic (exact) mass is 362 g/mol. The van der Waals surface area contributed by atoms with Crippen molar-refractivity contribution in [1.29, 1.82) is 0 Å². The maximum Gasteiger partial charge on any atom is 0.329 e. The lowest BCUT2D eigenvalue weighted by Gasteiger charge is -2.11. The highest BCUT2D eigenvalue weighted by atomic mass is 19.1. The summed E-state index contributed by atoms with van der Waals surface area (Å²) >= 11 is 0. The predicted molar refractivity (Wildman–Crippen MR) is 97.6 cm³/mol. The minimum atomic E-state index is -0.472. The highest BCUT2D eigenvalue weighted by molar-refractivity contribution is 6.13. The van der Waals surface area contributed by atoms with Gasteiger partial charge in [-0.3, -0.25) is 9.69 Å². The Morgan fingerprint density at radius 3 is 2.44 bits per heavy atom. The summed E-state index contributed by atoms with van der Waals surface area (Å²) in [6, 6.07) is 18.1. The summed E-state index contributed by atoms with van der Waals surface area (Å²) in [7, 11) is 0. The van der Waals surface area contributed by atoms with Gasteiger partial charge in [-0.15, -0.1) is 0 Å². The van der Waals surface area contributed by atoms with Crippen LogP contribution in [0, 0.1) is 5.82 Å². The number of urea groups is 1. The van der Waals surface area contributed by atoms with Crippen LogP contribution in [0.5, 0.6) is 0 Å². The zero-order valence-corrected chi connectivity index (χ0v) is 14.2. The van der Waals surface area contributed by atoms with E-state index in [0.29, 0.717) is 17.1 Å². The Kier molecular flexibility index (Phi) is 4.30. The lowest BCUT2D eigenvalue weighted by atomic mass is 10.2. The van der Waals surface area contributed by atoms with Crippen LogP contribution in [-0.2, 0) is 11.3 Å². The molecule has 0 aliphatic carbocycles. The van der Waals surface area contributed by atoms with Gasteiger partial charge in [-0.1, -0.05) is 30.3 Å². The highest BCUT2D eigenvalue weighted by Crippen LogP contribution is 2.24. The molecule has 134 valence electrons. The molecule has 1 saturated heterocycles. The molecule has 3 amide bonds. The molecule has 2 aromatic carbocycles. The molecule has 0 atom stereocenters. The van der Waals surface area contributed by atoms with Gasteiger partial charge in [0.15, 0.2) is 0 Å². The van der Waals surface area contributed by atoms with Crippen molar-refractivity contribution in [3.8, 4) is 11.3 Å². The fourth-order valence-corrected chi connectivity index (χ4v) is 2.82. The number of hydrogen-bond acceptors (Lipinski definition) is 3. The Bertz CT molecular complexity index is 1020. The normalized spacial score (nSPS) is 15.4. The van der Waals surface area contributed by atoms with Gasteiger partial charge in [0.1, 0.15) is 23.0 Å². The third-order valence-electron chi connectivity index (χ3n) is 4.19. The molecular weight excluding hydrogens is 347 g/mol. The molecule has 1 aromatic heterocycles. The average Bonchev–Trinajstić information content (AvgIpc) is 3.24. The zero-order valence-electron chi connectivity index (χ0n) is 14.2. The summed E-state index contributed by atoms with van der Waals surface area (Å²) in [4.78, 5) is 25.8. The Hall–Kier alpha value is -3.67. The fourth-order valence-electron chi connectivity index (χ4n) is 2.82. The second kappa shape index (κ2) is 6.92. The van der Waals surface area contributed by atoms with Crippen LogP contribution in [0.2, 0.25) is 0 Å². The summed E-state index contributed by atoms with van der Waals surface area (Å²) in [6.45, 7) is 0.196. The topological polar surface area (TPSA) is 62.6 Å². The number of amides is 3. The number of hydrogen-bond donors (Lipinski definition) is 1. The molecule has 27 heavy (non-hydrogen) atoms. The standard InChI is InChI=1S/C21H15FN2O3/c22-16-8-6-15(7-9-16)19-11-10-17(27-19)12-18-20(25)24(21(26)23-18)13-14-4-2-1-3-5-14/h1-12H,13H2,(H,23,26). The number of rotatable bonds is 4. The lowest BCUT2D eigenvalue weighted by molar-refractivity contribution is -0.123. The van der Waals surface area contributed by atoms with Crippen LogP contribution >= 0.6 is 0 Å². The quantitative estimate of drug-likeness (QED) is 0.559. The predicted octanol–water partition coefficient (Wildman–Crippen LogP) is 4.18. The lowest BCUT2D eigenvalue weighted by Crippen LogP contribution is -2.30. The molecule has 0 bridgehead atoms. The number of halogens is 1. The molecule has 4 rings (SSSR count). The van der Waals surface area contributed by atoms with Gasteiger partial charge >= 0.3 is 6.03 Å². The van der Waals surface area contributed by atoms with Gasteiger partial charge in [0, 0.05) is 11.6 Å². The van der Waals surface area contributed by atoms with Crippen LogP contribution in [0.25, 0.3) is 17.4 Å². The van der Waals surface area contributed by atoms with Crippen molar-refractivity contribution in [2.45, 2.75) is 6.54 Å². The molecular formula is C21H15FN2O3. The van der Waals surface area contributed by atoms with Gasteiger partial charge in [-0.25, -0.2) is 9.18 Å². The van der Waals surface area contributed by atoms with Gasteiger partial charge in [0.25, 0.3) is 5.91 Å². The molecule has 5 nitrogen and oxygen atoms in total. The molecule has 1 fully saturated rings. The summed E-state index contributed by atoms with van der Waals surface area (Å²) in [5, 5.41) is 2.57. The van der Waals surface area contributed by atoms with E-state index in [-0.39, 0.29) is 18.1 Å². The van der Waals surface area contributed by atoms with E-state index in [1.54, 1.807) is 24.3 Å². The first-order valence-electron chi connectivity index (χ1n) is 8.34. The number of benzene rings is 2. The number of nitrogens with one attached hydrogen (secondary N) is 1. The SMILES string of the molecule is O=C1NC(=Cc2ccc(-c3ccc(F)cc3)o2)C(=O)N1Cc1ccccc1. The molecule has 0 spiro atoms. The van der Waals surface area contributed by atoms with E-state index >= 15 is 0 Å².